The van der Waals surface area contributed by atoms with E-state index in [1.807, 2.05) is 7.11 Å². The Morgan fingerprint density at radius 3 is 2.55 bits per heavy atom. The molecule has 0 saturated carbocycles. The van der Waals surface area contributed by atoms with Gasteiger partial charge in [0.05, 0.1) is 6.10 Å². The Bertz CT molecular complexity index is 454. The number of hydrogen-bond acceptors (Lipinski definition) is 4. The molecule has 0 unspecified atom stereocenters. The first kappa shape index (κ1) is 15.8. The van der Waals surface area contributed by atoms with Gasteiger partial charge in [-0.25, -0.2) is 0 Å². The largest absolute Gasteiger partial charge is 0.380 e. The maximum atomic E-state index is 5.63. The van der Waals surface area contributed by atoms with Crippen molar-refractivity contribution in [3.8, 4) is 0 Å². The van der Waals surface area contributed by atoms with Crippen molar-refractivity contribution in [3.05, 3.63) is 29.8 Å². The highest BCUT2D eigenvalue weighted by molar-refractivity contribution is 5.47. The van der Waals surface area contributed by atoms with Crippen molar-refractivity contribution in [2.45, 2.75) is 44.4 Å². The molecule has 22 heavy (non-hydrogen) atoms. The number of anilines is 1. The van der Waals surface area contributed by atoms with Gasteiger partial charge in [-0.05, 0) is 44.9 Å². The van der Waals surface area contributed by atoms with E-state index in [9.17, 15) is 0 Å². The summed E-state index contributed by atoms with van der Waals surface area (Å²) in [4.78, 5) is 2.50. The van der Waals surface area contributed by atoms with E-state index in [1.165, 1.54) is 24.1 Å². The average Bonchev–Trinajstić information content (AvgIpc) is 2.57. The maximum Gasteiger partial charge on any atom is 0.0748 e. The van der Waals surface area contributed by atoms with Crippen molar-refractivity contribution in [2.24, 2.45) is 0 Å². The van der Waals surface area contributed by atoms with Crippen LogP contribution in [0.1, 0.15) is 24.8 Å². The highest BCUT2D eigenvalue weighted by Crippen LogP contribution is 2.21. The summed E-state index contributed by atoms with van der Waals surface area (Å²) >= 11 is 0. The molecule has 4 heteroatoms. The van der Waals surface area contributed by atoms with Gasteiger partial charge in [-0.3, -0.25) is 0 Å². The van der Waals surface area contributed by atoms with Crippen LogP contribution in [-0.2, 0) is 4.74 Å². The molecule has 0 amide bonds. The van der Waals surface area contributed by atoms with Crippen LogP contribution < -0.4 is 15.5 Å². The van der Waals surface area contributed by atoms with Gasteiger partial charge >= 0.3 is 0 Å². The predicted octanol–water partition coefficient (Wildman–Crippen LogP) is 1.93. The van der Waals surface area contributed by atoms with Crippen molar-refractivity contribution in [2.75, 3.05) is 38.2 Å². The van der Waals surface area contributed by atoms with Crippen molar-refractivity contribution in [1.29, 1.82) is 0 Å². The van der Waals surface area contributed by atoms with Gasteiger partial charge in [0.2, 0.25) is 0 Å². The van der Waals surface area contributed by atoms with E-state index < -0.39 is 0 Å². The van der Waals surface area contributed by atoms with Crippen LogP contribution in [0, 0.1) is 6.92 Å². The van der Waals surface area contributed by atoms with Gasteiger partial charge < -0.3 is 20.3 Å². The van der Waals surface area contributed by atoms with Crippen molar-refractivity contribution in [1.82, 2.24) is 10.6 Å². The molecule has 2 heterocycles. The average molecular weight is 303 g/mol. The molecule has 2 aliphatic heterocycles. The lowest BCUT2D eigenvalue weighted by Gasteiger charge is -2.39. The monoisotopic (exact) mass is 303 g/mol. The Kier molecular flexibility index (Phi) is 5.34. The highest BCUT2D eigenvalue weighted by Gasteiger charge is 2.28. The molecule has 1 aromatic carbocycles. The Morgan fingerprint density at radius 1 is 1.14 bits per heavy atom. The Balaban J connectivity index is 1.50. The van der Waals surface area contributed by atoms with Gasteiger partial charge in [0.1, 0.15) is 0 Å². The fourth-order valence-corrected chi connectivity index (χ4v) is 3.65. The molecule has 0 aromatic heterocycles. The van der Waals surface area contributed by atoms with Crippen LogP contribution in [-0.4, -0.2) is 51.5 Å². The smallest absolute Gasteiger partial charge is 0.0748 e. The fourth-order valence-electron chi connectivity index (χ4n) is 3.65. The second kappa shape index (κ2) is 7.44. The quantitative estimate of drug-likeness (QED) is 0.891. The number of hydrogen-bond donors (Lipinski definition) is 2. The lowest BCUT2D eigenvalue weighted by atomic mass is 9.98. The number of rotatable bonds is 4. The molecule has 2 aliphatic rings. The summed E-state index contributed by atoms with van der Waals surface area (Å²) in [6, 6.07) is 9.97. The minimum absolute atomic E-state index is 0.358. The first-order chi connectivity index (χ1) is 10.8. The molecule has 0 radical (unpaired) electrons. The summed E-state index contributed by atoms with van der Waals surface area (Å²) in [5.74, 6) is 0. The summed E-state index contributed by atoms with van der Waals surface area (Å²) in [5, 5.41) is 7.30. The summed E-state index contributed by atoms with van der Waals surface area (Å²) in [6.07, 6.45) is 3.88. The number of ether oxygens (including phenoxy) is 1. The van der Waals surface area contributed by atoms with E-state index in [0.717, 1.165) is 32.6 Å². The molecular formula is C18H29N3O. The van der Waals surface area contributed by atoms with E-state index in [4.69, 9.17) is 4.74 Å². The van der Waals surface area contributed by atoms with E-state index in [2.05, 4.69) is 46.7 Å². The Morgan fingerprint density at radius 2 is 1.86 bits per heavy atom. The fraction of sp³-hybridized carbons (Fsp3) is 0.667. The first-order valence-corrected chi connectivity index (χ1v) is 8.57. The third kappa shape index (κ3) is 3.80. The number of aryl methyl sites for hydroxylation is 1. The molecule has 0 bridgehead atoms. The summed E-state index contributed by atoms with van der Waals surface area (Å²) < 4.78 is 5.63. The number of nitrogens with one attached hydrogen (secondary N) is 2. The minimum atomic E-state index is 0.358. The predicted molar refractivity (Wildman–Crippen MR) is 91.6 cm³/mol. The molecule has 122 valence electrons. The van der Waals surface area contributed by atoms with Crippen molar-refractivity contribution in [3.63, 3.8) is 0 Å². The van der Waals surface area contributed by atoms with Crippen molar-refractivity contribution < 1.29 is 4.74 Å². The van der Waals surface area contributed by atoms with Gasteiger partial charge in [0, 0.05) is 44.5 Å². The Hall–Kier alpha value is -1.10. The van der Waals surface area contributed by atoms with Crippen LogP contribution in [0.3, 0.4) is 0 Å². The van der Waals surface area contributed by atoms with E-state index in [0.29, 0.717) is 18.2 Å². The van der Waals surface area contributed by atoms with Gasteiger partial charge in [-0.2, -0.15) is 0 Å². The number of benzene rings is 1. The van der Waals surface area contributed by atoms with E-state index >= 15 is 0 Å². The summed E-state index contributed by atoms with van der Waals surface area (Å²) in [6.45, 7) is 6.51. The maximum absolute atomic E-state index is 5.63. The van der Waals surface area contributed by atoms with Crippen molar-refractivity contribution >= 4 is 5.69 Å². The zero-order chi connectivity index (χ0) is 15.4. The second-order valence-corrected chi connectivity index (χ2v) is 6.64. The van der Waals surface area contributed by atoms with Gasteiger partial charge in [0.15, 0.2) is 0 Å². The topological polar surface area (TPSA) is 36.5 Å². The van der Waals surface area contributed by atoms with Crippen LogP contribution in [0.4, 0.5) is 5.69 Å². The van der Waals surface area contributed by atoms with Gasteiger partial charge in [0.25, 0.3) is 0 Å². The van der Waals surface area contributed by atoms with Gasteiger partial charge in [-0.1, -0.05) is 17.7 Å². The minimum Gasteiger partial charge on any atom is -0.380 e. The molecule has 3 rings (SSSR count). The number of methoxy groups -OCH3 is 1. The molecule has 2 fully saturated rings. The third-order valence-electron chi connectivity index (χ3n) is 5.07. The van der Waals surface area contributed by atoms with Gasteiger partial charge in [-0.15, -0.1) is 0 Å². The molecule has 0 spiro atoms. The number of nitrogens with zero attached hydrogens (tertiary/aromatic N) is 1. The molecule has 0 aliphatic carbocycles. The zero-order valence-electron chi connectivity index (χ0n) is 13.8. The Labute approximate surface area is 134 Å². The van der Waals surface area contributed by atoms with Crippen LogP contribution in [0.5, 0.6) is 0 Å². The summed E-state index contributed by atoms with van der Waals surface area (Å²) in [7, 11) is 1.84. The van der Waals surface area contributed by atoms with Crippen LogP contribution >= 0.6 is 0 Å². The standard InChI is InChI=1S/C18H29N3O/c1-14-3-5-16(6-4-14)21-11-8-15(9-12-21)20-17-13-19-10-7-18(17)22-2/h3-6,15,17-20H,7-13H2,1-2H3/t17-,18+/m0/s1. The SMILES string of the molecule is CO[C@@H]1CCNC[C@@H]1NC1CCN(c2ccc(C)cc2)CC1. The highest BCUT2D eigenvalue weighted by atomic mass is 16.5. The van der Waals surface area contributed by atoms with Crippen LogP contribution in [0.2, 0.25) is 0 Å². The first-order valence-electron chi connectivity index (χ1n) is 8.57. The molecule has 2 saturated heterocycles. The molecular weight excluding hydrogens is 274 g/mol. The molecule has 1 aromatic rings. The lowest BCUT2D eigenvalue weighted by molar-refractivity contribution is 0.0430. The van der Waals surface area contributed by atoms with Crippen LogP contribution in [0.25, 0.3) is 0 Å². The van der Waals surface area contributed by atoms with Crippen LogP contribution in [0.15, 0.2) is 24.3 Å². The normalized spacial score (nSPS) is 27.1. The molecule has 2 N–H and O–H groups in total. The third-order valence-corrected chi connectivity index (χ3v) is 5.07. The summed E-state index contributed by atoms with van der Waals surface area (Å²) in [5.41, 5.74) is 2.69. The van der Waals surface area contributed by atoms with E-state index in [1.54, 1.807) is 0 Å². The number of piperidine rings is 2. The zero-order valence-corrected chi connectivity index (χ0v) is 13.8. The van der Waals surface area contributed by atoms with E-state index in [-0.39, 0.29) is 0 Å². The molecule has 4 nitrogen and oxygen atoms in total. The molecule has 2 atom stereocenters. The lowest BCUT2D eigenvalue weighted by Crippen LogP contribution is -2.57. The second-order valence-electron chi connectivity index (χ2n) is 6.64.